The summed E-state index contributed by atoms with van der Waals surface area (Å²) in [6, 6.07) is 12.3. The summed E-state index contributed by atoms with van der Waals surface area (Å²) in [5.74, 6) is 1.01. The minimum absolute atomic E-state index is 0.437. The molecule has 0 fully saturated rings. The Hall–Kier alpha value is -1.87. The van der Waals surface area contributed by atoms with Crippen LogP contribution in [-0.2, 0) is 6.42 Å². The van der Waals surface area contributed by atoms with Crippen LogP contribution < -0.4 is 4.74 Å². The van der Waals surface area contributed by atoms with Gasteiger partial charge in [-0.05, 0) is 54.4 Å². The Labute approximate surface area is 125 Å². The molecule has 1 aliphatic rings. The maximum atomic E-state index is 10.5. The predicted molar refractivity (Wildman–Crippen MR) is 82.5 cm³/mol. The van der Waals surface area contributed by atoms with E-state index >= 15 is 0 Å². The number of benzene rings is 1. The summed E-state index contributed by atoms with van der Waals surface area (Å²) in [4.78, 5) is 4.17. The molecule has 0 amide bonds. The Morgan fingerprint density at radius 3 is 2.90 bits per heavy atom. The van der Waals surface area contributed by atoms with Crippen LogP contribution in [0.25, 0.3) is 0 Å². The van der Waals surface area contributed by atoms with Crippen molar-refractivity contribution in [2.24, 2.45) is 0 Å². The molecule has 110 valence electrons. The van der Waals surface area contributed by atoms with Gasteiger partial charge in [0.2, 0.25) is 5.88 Å². The van der Waals surface area contributed by atoms with Crippen molar-refractivity contribution >= 4 is 0 Å². The van der Waals surface area contributed by atoms with Crippen LogP contribution in [0.3, 0.4) is 0 Å². The highest BCUT2D eigenvalue weighted by atomic mass is 16.5. The molecule has 0 bridgehead atoms. The van der Waals surface area contributed by atoms with Gasteiger partial charge in [0, 0.05) is 12.3 Å². The van der Waals surface area contributed by atoms with Crippen molar-refractivity contribution in [3.05, 3.63) is 59.3 Å². The highest BCUT2D eigenvalue weighted by Gasteiger charge is 2.23. The third-order valence-corrected chi connectivity index (χ3v) is 4.35. The van der Waals surface area contributed by atoms with Gasteiger partial charge in [0.15, 0.2) is 0 Å². The molecule has 2 unspecified atom stereocenters. The number of fused-ring (bicyclic) bond motifs is 1. The first kappa shape index (κ1) is 14.1. The topological polar surface area (TPSA) is 42.4 Å². The lowest BCUT2D eigenvalue weighted by molar-refractivity contribution is 0.153. The van der Waals surface area contributed by atoms with Crippen molar-refractivity contribution in [3.8, 4) is 5.88 Å². The molecular weight excluding hydrogens is 262 g/mol. The van der Waals surface area contributed by atoms with Crippen LogP contribution in [0.2, 0.25) is 0 Å². The number of rotatable bonds is 4. The summed E-state index contributed by atoms with van der Waals surface area (Å²) in [6.07, 6.45) is 5.50. The van der Waals surface area contributed by atoms with Crippen LogP contribution in [0, 0.1) is 0 Å². The first-order valence-electron chi connectivity index (χ1n) is 7.53. The fourth-order valence-electron chi connectivity index (χ4n) is 3.21. The summed E-state index contributed by atoms with van der Waals surface area (Å²) >= 11 is 0. The molecule has 0 aliphatic heterocycles. The number of nitrogens with zero attached hydrogens (tertiary/aromatic N) is 1. The van der Waals surface area contributed by atoms with E-state index in [1.165, 1.54) is 17.5 Å². The van der Waals surface area contributed by atoms with Gasteiger partial charge in [0.25, 0.3) is 0 Å². The van der Waals surface area contributed by atoms with Gasteiger partial charge in [-0.3, -0.25) is 0 Å². The van der Waals surface area contributed by atoms with E-state index in [1.54, 1.807) is 19.4 Å². The van der Waals surface area contributed by atoms with Gasteiger partial charge >= 0.3 is 0 Å². The summed E-state index contributed by atoms with van der Waals surface area (Å²) < 4.78 is 5.05. The van der Waals surface area contributed by atoms with E-state index < -0.39 is 6.10 Å². The minimum Gasteiger partial charge on any atom is -0.481 e. The number of aliphatic hydroxyl groups is 1. The van der Waals surface area contributed by atoms with Gasteiger partial charge < -0.3 is 9.84 Å². The van der Waals surface area contributed by atoms with Crippen LogP contribution in [0.1, 0.15) is 48.0 Å². The third kappa shape index (κ3) is 3.08. The number of hydrogen-bond donors (Lipinski definition) is 1. The molecule has 21 heavy (non-hydrogen) atoms. The number of aryl methyl sites for hydroxylation is 1. The van der Waals surface area contributed by atoms with Crippen LogP contribution >= 0.6 is 0 Å². The van der Waals surface area contributed by atoms with Gasteiger partial charge in [-0.15, -0.1) is 0 Å². The number of methoxy groups -OCH3 is 1. The second kappa shape index (κ2) is 6.27. The van der Waals surface area contributed by atoms with E-state index in [9.17, 15) is 5.11 Å². The molecule has 2 aromatic rings. The Bertz CT molecular complexity index is 594. The molecule has 1 aromatic heterocycles. The third-order valence-electron chi connectivity index (χ3n) is 4.35. The van der Waals surface area contributed by atoms with E-state index in [4.69, 9.17) is 4.74 Å². The van der Waals surface area contributed by atoms with E-state index in [1.807, 2.05) is 6.07 Å². The molecule has 0 saturated heterocycles. The summed E-state index contributed by atoms with van der Waals surface area (Å²) in [6.45, 7) is 0. The smallest absolute Gasteiger partial charge is 0.212 e. The monoisotopic (exact) mass is 283 g/mol. The lowest BCUT2D eigenvalue weighted by Crippen LogP contribution is -2.13. The van der Waals surface area contributed by atoms with Crippen LogP contribution in [0.4, 0.5) is 0 Å². The van der Waals surface area contributed by atoms with Crippen LogP contribution in [0.15, 0.2) is 42.6 Å². The maximum Gasteiger partial charge on any atom is 0.212 e. The zero-order valence-corrected chi connectivity index (χ0v) is 12.3. The van der Waals surface area contributed by atoms with Gasteiger partial charge in [0.05, 0.1) is 13.2 Å². The van der Waals surface area contributed by atoms with Gasteiger partial charge in [-0.25, -0.2) is 4.98 Å². The highest BCUT2D eigenvalue weighted by Crippen LogP contribution is 2.37. The zero-order chi connectivity index (χ0) is 14.7. The number of ether oxygens (including phenoxy) is 1. The lowest BCUT2D eigenvalue weighted by Gasteiger charge is -2.27. The molecular formula is C18H21NO2. The van der Waals surface area contributed by atoms with Crippen LogP contribution in [-0.4, -0.2) is 17.2 Å². The van der Waals surface area contributed by atoms with Crippen molar-refractivity contribution in [1.29, 1.82) is 0 Å². The Morgan fingerprint density at radius 2 is 2.14 bits per heavy atom. The van der Waals surface area contributed by atoms with Crippen LogP contribution in [0.5, 0.6) is 5.88 Å². The lowest BCUT2D eigenvalue weighted by atomic mass is 9.79. The van der Waals surface area contributed by atoms with Gasteiger partial charge in [-0.2, -0.15) is 0 Å². The molecule has 1 N–H and O–H groups in total. The molecule has 3 heteroatoms. The molecule has 2 atom stereocenters. The average Bonchev–Trinajstić information content (AvgIpc) is 2.55. The normalized spacial score (nSPS) is 18.9. The number of aliphatic hydroxyl groups excluding tert-OH is 1. The van der Waals surface area contributed by atoms with E-state index in [0.29, 0.717) is 11.8 Å². The molecule has 1 heterocycles. The SMILES string of the molecule is COc1ccc(C(O)CC2CCCc3ccccc32)cn1. The minimum atomic E-state index is -0.473. The molecule has 3 rings (SSSR count). The predicted octanol–water partition coefficient (Wildman–Crippen LogP) is 3.63. The molecule has 1 aliphatic carbocycles. The second-order valence-electron chi connectivity index (χ2n) is 5.67. The summed E-state index contributed by atoms with van der Waals surface area (Å²) in [5, 5.41) is 10.5. The quantitative estimate of drug-likeness (QED) is 0.931. The fraction of sp³-hybridized carbons (Fsp3) is 0.389. The van der Waals surface area contributed by atoms with Gasteiger partial charge in [0.1, 0.15) is 0 Å². The molecule has 0 spiro atoms. The van der Waals surface area contributed by atoms with Crippen molar-refractivity contribution in [2.75, 3.05) is 7.11 Å². The Kier molecular flexibility index (Phi) is 4.20. The molecule has 0 saturated carbocycles. The fourth-order valence-corrected chi connectivity index (χ4v) is 3.21. The Balaban J connectivity index is 1.74. The summed E-state index contributed by atoms with van der Waals surface area (Å²) in [5.41, 5.74) is 3.71. The average molecular weight is 283 g/mol. The van der Waals surface area contributed by atoms with E-state index in [0.717, 1.165) is 24.8 Å². The van der Waals surface area contributed by atoms with Crippen molar-refractivity contribution < 1.29 is 9.84 Å². The first-order chi connectivity index (χ1) is 10.3. The highest BCUT2D eigenvalue weighted by molar-refractivity contribution is 5.33. The van der Waals surface area contributed by atoms with Crippen molar-refractivity contribution in [3.63, 3.8) is 0 Å². The first-order valence-corrected chi connectivity index (χ1v) is 7.53. The standard InChI is InChI=1S/C18H21NO2/c1-21-18-10-9-15(12-19-18)17(20)11-14-7-4-6-13-5-2-3-8-16(13)14/h2-3,5,8-10,12,14,17,20H,4,6-7,11H2,1H3. The van der Waals surface area contributed by atoms with E-state index in [-0.39, 0.29) is 0 Å². The maximum absolute atomic E-state index is 10.5. The second-order valence-corrected chi connectivity index (χ2v) is 5.67. The molecule has 3 nitrogen and oxygen atoms in total. The van der Waals surface area contributed by atoms with Crippen molar-refractivity contribution in [1.82, 2.24) is 4.98 Å². The summed E-state index contributed by atoms with van der Waals surface area (Å²) in [7, 11) is 1.59. The molecule has 0 radical (unpaired) electrons. The number of pyridine rings is 1. The Morgan fingerprint density at radius 1 is 1.29 bits per heavy atom. The number of hydrogen-bond acceptors (Lipinski definition) is 3. The van der Waals surface area contributed by atoms with Gasteiger partial charge in [-0.1, -0.05) is 24.3 Å². The van der Waals surface area contributed by atoms with Crippen molar-refractivity contribution in [2.45, 2.75) is 37.7 Å². The number of aromatic nitrogens is 1. The molecule has 1 aromatic carbocycles. The van der Waals surface area contributed by atoms with E-state index in [2.05, 4.69) is 29.2 Å². The zero-order valence-electron chi connectivity index (χ0n) is 12.3. The largest absolute Gasteiger partial charge is 0.481 e.